The number of rotatable bonds is 2. The van der Waals surface area contributed by atoms with E-state index in [0.29, 0.717) is 10.6 Å². The van der Waals surface area contributed by atoms with Gasteiger partial charge in [0.15, 0.2) is 0 Å². The number of hydrogen-bond donors (Lipinski definition) is 0. The zero-order valence-electron chi connectivity index (χ0n) is 10.5. The molecule has 19 heavy (non-hydrogen) atoms. The van der Waals surface area contributed by atoms with Crippen molar-refractivity contribution in [3.8, 4) is 0 Å². The van der Waals surface area contributed by atoms with Crippen LogP contribution in [-0.4, -0.2) is 12.8 Å². The molecule has 2 aromatic carbocycles. The summed E-state index contributed by atoms with van der Waals surface area (Å²) in [4.78, 5) is 13.0. The van der Waals surface area contributed by atoms with Crippen molar-refractivity contribution in [2.75, 3.05) is 11.4 Å². The molecule has 2 nitrogen and oxygen atoms in total. The zero-order chi connectivity index (χ0) is 13.2. The van der Waals surface area contributed by atoms with E-state index in [0.717, 1.165) is 31.5 Å². The van der Waals surface area contributed by atoms with Crippen LogP contribution in [0, 0.1) is 0 Å². The largest absolute Gasteiger partial charge is 0.366 e. The number of hydrogen-bond acceptors (Lipinski definition) is 2. The Balaban J connectivity index is 1.91. The van der Waals surface area contributed by atoms with Gasteiger partial charge in [0.05, 0.1) is 10.7 Å². The van der Waals surface area contributed by atoms with E-state index in [9.17, 15) is 4.79 Å². The van der Waals surface area contributed by atoms with E-state index < -0.39 is 0 Å². The summed E-state index contributed by atoms with van der Waals surface area (Å²) in [6.45, 7) is 1.83. The van der Waals surface area contributed by atoms with Gasteiger partial charge in [-0.3, -0.25) is 4.79 Å². The van der Waals surface area contributed by atoms with Gasteiger partial charge in [0, 0.05) is 18.7 Å². The summed E-state index contributed by atoms with van der Waals surface area (Å²) >= 11 is 6.27. The molecule has 0 aliphatic carbocycles. The molecule has 0 bridgehead atoms. The Morgan fingerprint density at radius 1 is 1.11 bits per heavy atom. The molecule has 0 atom stereocenters. The van der Waals surface area contributed by atoms with E-state index in [1.54, 1.807) is 6.07 Å². The van der Waals surface area contributed by atoms with Gasteiger partial charge in [0.25, 0.3) is 0 Å². The lowest BCUT2D eigenvalue weighted by Gasteiger charge is -2.31. The quantitative estimate of drug-likeness (QED) is 0.776. The fourth-order valence-corrected chi connectivity index (χ4v) is 2.86. The third-order valence-electron chi connectivity index (χ3n) is 3.58. The van der Waals surface area contributed by atoms with Crippen molar-refractivity contribution in [3.63, 3.8) is 0 Å². The van der Waals surface area contributed by atoms with Crippen LogP contribution in [0.1, 0.15) is 21.5 Å². The third kappa shape index (κ3) is 2.36. The number of carbonyl (C=O) groups excluding carboxylic acids is 1. The molecule has 0 saturated heterocycles. The highest BCUT2D eigenvalue weighted by atomic mass is 35.5. The Labute approximate surface area is 117 Å². The standard InChI is InChI=1S/C16H14ClNO/c17-15-9-12(11-19)5-6-16(15)18-8-7-13-3-1-2-4-14(13)10-18/h1-6,9,11H,7-8,10H2. The molecule has 0 aromatic heterocycles. The van der Waals surface area contributed by atoms with E-state index >= 15 is 0 Å². The molecule has 0 spiro atoms. The summed E-state index contributed by atoms with van der Waals surface area (Å²) in [5, 5.41) is 0.643. The molecule has 0 unspecified atom stereocenters. The highest BCUT2D eigenvalue weighted by molar-refractivity contribution is 6.33. The van der Waals surface area contributed by atoms with E-state index in [1.165, 1.54) is 11.1 Å². The Bertz CT molecular complexity index is 624. The van der Waals surface area contributed by atoms with Crippen LogP contribution in [0.3, 0.4) is 0 Å². The first-order chi connectivity index (χ1) is 9.28. The SMILES string of the molecule is O=Cc1ccc(N2CCc3ccccc3C2)c(Cl)c1. The van der Waals surface area contributed by atoms with Crippen LogP contribution in [-0.2, 0) is 13.0 Å². The summed E-state index contributed by atoms with van der Waals surface area (Å²) in [5.74, 6) is 0. The number of halogens is 1. The molecular weight excluding hydrogens is 258 g/mol. The van der Waals surface area contributed by atoms with Crippen LogP contribution >= 0.6 is 11.6 Å². The second-order valence-corrected chi connectivity index (χ2v) is 5.18. The van der Waals surface area contributed by atoms with Crippen molar-refractivity contribution < 1.29 is 4.79 Å². The summed E-state index contributed by atoms with van der Waals surface area (Å²) < 4.78 is 0. The summed E-state index contributed by atoms with van der Waals surface area (Å²) in [6.07, 6.45) is 1.85. The number of nitrogens with zero attached hydrogens (tertiary/aromatic N) is 1. The van der Waals surface area contributed by atoms with Crippen LogP contribution in [0.2, 0.25) is 5.02 Å². The van der Waals surface area contributed by atoms with Crippen LogP contribution in [0.15, 0.2) is 42.5 Å². The summed E-state index contributed by atoms with van der Waals surface area (Å²) in [7, 11) is 0. The topological polar surface area (TPSA) is 20.3 Å². The molecule has 1 heterocycles. The molecule has 2 aromatic rings. The first-order valence-corrected chi connectivity index (χ1v) is 6.72. The maximum absolute atomic E-state index is 10.7. The zero-order valence-corrected chi connectivity index (χ0v) is 11.2. The molecule has 0 radical (unpaired) electrons. The predicted molar refractivity (Wildman–Crippen MR) is 78.0 cm³/mol. The normalized spacial score (nSPS) is 14.1. The van der Waals surface area contributed by atoms with E-state index in [-0.39, 0.29) is 0 Å². The van der Waals surface area contributed by atoms with E-state index in [1.807, 2.05) is 12.1 Å². The van der Waals surface area contributed by atoms with Gasteiger partial charge in [0.2, 0.25) is 0 Å². The van der Waals surface area contributed by atoms with Gasteiger partial charge in [-0.2, -0.15) is 0 Å². The second-order valence-electron chi connectivity index (χ2n) is 4.77. The highest BCUT2D eigenvalue weighted by Gasteiger charge is 2.17. The van der Waals surface area contributed by atoms with Crippen LogP contribution < -0.4 is 4.90 Å². The summed E-state index contributed by atoms with van der Waals surface area (Å²) in [6, 6.07) is 14.0. The van der Waals surface area contributed by atoms with Gasteiger partial charge >= 0.3 is 0 Å². The Hall–Kier alpha value is -1.80. The minimum atomic E-state index is 0.617. The molecule has 0 saturated carbocycles. The minimum absolute atomic E-state index is 0.617. The van der Waals surface area contributed by atoms with Crippen molar-refractivity contribution in [2.45, 2.75) is 13.0 Å². The molecule has 0 amide bonds. The molecule has 1 aliphatic heterocycles. The maximum Gasteiger partial charge on any atom is 0.150 e. The van der Waals surface area contributed by atoms with Crippen molar-refractivity contribution in [1.82, 2.24) is 0 Å². The molecule has 3 rings (SSSR count). The number of benzene rings is 2. The number of carbonyl (C=O) groups is 1. The first kappa shape index (κ1) is 12.2. The molecular formula is C16H14ClNO. The van der Waals surface area contributed by atoms with Crippen molar-refractivity contribution in [2.24, 2.45) is 0 Å². The monoisotopic (exact) mass is 271 g/mol. The fraction of sp³-hybridized carbons (Fsp3) is 0.188. The van der Waals surface area contributed by atoms with Gasteiger partial charge in [-0.15, -0.1) is 0 Å². The summed E-state index contributed by atoms with van der Waals surface area (Å²) in [5.41, 5.74) is 4.39. The molecule has 96 valence electrons. The number of aldehydes is 1. The van der Waals surface area contributed by atoms with Crippen molar-refractivity contribution in [1.29, 1.82) is 0 Å². The highest BCUT2D eigenvalue weighted by Crippen LogP contribution is 2.30. The lowest BCUT2D eigenvalue weighted by molar-refractivity contribution is 0.112. The average molecular weight is 272 g/mol. The van der Waals surface area contributed by atoms with Crippen LogP contribution in [0.5, 0.6) is 0 Å². The first-order valence-electron chi connectivity index (χ1n) is 6.34. The van der Waals surface area contributed by atoms with E-state index in [4.69, 9.17) is 11.6 Å². The van der Waals surface area contributed by atoms with Gasteiger partial charge < -0.3 is 4.90 Å². The average Bonchev–Trinajstić information content (AvgIpc) is 2.46. The molecule has 0 fully saturated rings. The van der Waals surface area contributed by atoms with Gasteiger partial charge in [-0.25, -0.2) is 0 Å². The Morgan fingerprint density at radius 2 is 1.89 bits per heavy atom. The predicted octanol–water partition coefficient (Wildman–Crippen LogP) is 3.72. The van der Waals surface area contributed by atoms with Gasteiger partial charge in [-0.1, -0.05) is 35.9 Å². The van der Waals surface area contributed by atoms with Crippen LogP contribution in [0.4, 0.5) is 5.69 Å². The smallest absolute Gasteiger partial charge is 0.150 e. The second kappa shape index (κ2) is 5.06. The minimum Gasteiger partial charge on any atom is -0.366 e. The Morgan fingerprint density at radius 3 is 2.63 bits per heavy atom. The number of anilines is 1. The molecule has 3 heteroatoms. The van der Waals surface area contributed by atoms with Crippen molar-refractivity contribution >= 4 is 23.6 Å². The van der Waals surface area contributed by atoms with E-state index in [2.05, 4.69) is 29.2 Å². The number of fused-ring (bicyclic) bond motifs is 1. The fourth-order valence-electron chi connectivity index (χ4n) is 2.55. The molecule has 1 aliphatic rings. The van der Waals surface area contributed by atoms with Crippen molar-refractivity contribution in [3.05, 3.63) is 64.2 Å². The third-order valence-corrected chi connectivity index (χ3v) is 3.88. The van der Waals surface area contributed by atoms with Crippen LogP contribution in [0.25, 0.3) is 0 Å². The van der Waals surface area contributed by atoms with Gasteiger partial charge in [-0.05, 0) is 35.7 Å². The lowest BCUT2D eigenvalue weighted by Crippen LogP contribution is -2.30. The van der Waals surface area contributed by atoms with Gasteiger partial charge in [0.1, 0.15) is 6.29 Å². The Kier molecular flexibility index (Phi) is 3.26. The lowest BCUT2D eigenvalue weighted by atomic mass is 9.99. The molecule has 0 N–H and O–H groups in total. The maximum atomic E-state index is 10.7.